The van der Waals surface area contributed by atoms with Gasteiger partial charge in [0, 0.05) is 5.39 Å². The largest absolute Gasteiger partial charge is 0.494 e. The van der Waals surface area contributed by atoms with E-state index in [-0.39, 0.29) is 5.56 Å². The van der Waals surface area contributed by atoms with E-state index in [0.29, 0.717) is 33.8 Å². The van der Waals surface area contributed by atoms with Gasteiger partial charge >= 0.3 is 0 Å². The molecule has 0 aliphatic heterocycles. The maximum Gasteiger partial charge on any atom is 0.282 e. The summed E-state index contributed by atoms with van der Waals surface area (Å²) in [5.74, 6) is 1.46. The highest BCUT2D eigenvalue weighted by Crippen LogP contribution is 2.34. The van der Waals surface area contributed by atoms with Crippen molar-refractivity contribution in [2.24, 2.45) is 5.10 Å². The minimum absolute atomic E-state index is 0.283. The Morgan fingerprint density at radius 1 is 1.03 bits per heavy atom. The summed E-state index contributed by atoms with van der Waals surface area (Å²) in [6, 6.07) is 20.4. The van der Waals surface area contributed by atoms with Crippen LogP contribution in [0.3, 0.4) is 0 Å². The molecule has 0 atom stereocenters. The molecule has 158 valence electrons. The highest BCUT2D eigenvalue weighted by molar-refractivity contribution is 9.11. The normalized spacial score (nSPS) is 11.6. The Kier molecular flexibility index (Phi) is 5.40. The van der Waals surface area contributed by atoms with Crippen molar-refractivity contribution < 1.29 is 9.15 Å². The molecule has 6 nitrogen and oxygen atoms in total. The molecular formula is C24H15Br2N3O3. The summed E-state index contributed by atoms with van der Waals surface area (Å²) < 4.78 is 14.1. The molecule has 0 fully saturated rings. The molecule has 0 amide bonds. The quantitative estimate of drug-likeness (QED) is 0.248. The third kappa shape index (κ3) is 3.65. The molecule has 0 radical (unpaired) electrons. The third-order valence-electron chi connectivity index (χ3n) is 4.95. The molecule has 32 heavy (non-hydrogen) atoms. The fourth-order valence-electron chi connectivity index (χ4n) is 3.46. The Bertz CT molecular complexity index is 1510. The lowest BCUT2D eigenvalue weighted by Gasteiger charge is -2.08. The zero-order chi connectivity index (χ0) is 22.2. The highest BCUT2D eigenvalue weighted by atomic mass is 79.9. The number of aromatic nitrogens is 2. The van der Waals surface area contributed by atoms with Gasteiger partial charge in [0.05, 0.1) is 33.2 Å². The lowest BCUT2D eigenvalue weighted by Crippen LogP contribution is -2.20. The molecule has 0 saturated heterocycles. The van der Waals surface area contributed by atoms with E-state index in [1.54, 1.807) is 31.5 Å². The van der Waals surface area contributed by atoms with E-state index in [2.05, 4.69) is 37.0 Å². The summed E-state index contributed by atoms with van der Waals surface area (Å²) in [5, 5.41) is 5.88. The van der Waals surface area contributed by atoms with Crippen LogP contribution in [0.25, 0.3) is 33.5 Å². The summed E-state index contributed by atoms with van der Waals surface area (Å²) in [6.45, 7) is 0. The smallest absolute Gasteiger partial charge is 0.282 e. The summed E-state index contributed by atoms with van der Waals surface area (Å²) in [7, 11) is 1.60. The van der Waals surface area contributed by atoms with Crippen LogP contribution in [0.1, 0.15) is 5.56 Å². The lowest BCUT2D eigenvalue weighted by atomic mass is 10.2. The summed E-state index contributed by atoms with van der Waals surface area (Å²) >= 11 is 6.98. The molecule has 2 heterocycles. The maximum atomic E-state index is 13.3. The molecule has 0 unspecified atom stereocenters. The zero-order valence-corrected chi connectivity index (χ0v) is 19.9. The second kappa shape index (κ2) is 8.37. The highest BCUT2D eigenvalue weighted by Gasteiger charge is 2.16. The Hall–Kier alpha value is -3.23. The monoisotopic (exact) mass is 551 g/mol. The number of hydrogen-bond donors (Lipinski definition) is 0. The first-order valence-electron chi connectivity index (χ1n) is 9.63. The first-order valence-corrected chi connectivity index (χ1v) is 11.2. The predicted octanol–water partition coefficient (Wildman–Crippen LogP) is 6.23. The molecule has 0 aliphatic carbocycles. The maximum absolute atomic E-state index is 13.3. The van der Waals surface area contributed by atoms with Gasteiger partial charge in [-0.25, -0.2) is 4.98 Å². The van der Waals surface area contributed by atoms with Crippen molar-refractivity contribution >= 4 is 59.9 Å². The fourth-order valence-corrected chi connectivity index (χ4v) is 5.00. The molecule has 5 rings (SSSR count). The number of para-hydroxylation sites is 2. The Labute approximate surface area is 199 Å². The molecule has 0 N–H and O–H groups in total. The predicted molar refractivity (Wildman–Crippen MR) is 133 cm³/mol. The summed E-state index contributed by atoms with van der Waals surface area (Å²) in [4.78, 5) is 18.0. The number of benzene rings is 3. The molecule has 5 aromatic rings. The topological polar surface area (TPSA) is 69.6 Å². The molecule has 3 aromatic carbocycles. The van der Waals surface area contributed by atoms with Crippen molar-refractivity contribution in [3.8, 4) is 17.3 Å². The zero-order valence-electron chi connectivity index (χ0n) is 16.8. The van der Waals surface area contributed by atoms with Crippen LogP contribution in [-0.2, 0) is 0 Å². The van der Waals surface area contributed by atoms with Crippen LogP contribution in [0.15, 0.2) is 90.0 Å². The molecule has 8 heteroatoms. The van der Waals surface area contributed by atoms with E-state index in [4.69, 9.17) is 14.1 Å². The number of fused-ring (bicyclic) bond motifs is 2. The van der Waals surface area contributed by atoms with Crippen LogP contribution >= 0.6 is 31.9 Å². The number of nitrogens with zero attached hydrogens (tertiary/aromatic N) is 3. The van der Waals surface area contributed by atoms with E-state index >= 15 is 0 Å². The average molecular weight is 553 g/mol. The Balaban J connectivity index is 1.71. The molecule has 0 spiro atoms. The van der Waals surface area contributed by atoms with Gasteiger partial charge in [0.25, 0.3) is 5.56 Å². The van der Waals surface area contributed by atoms with Crippen LogP contribution in [-0.4, -0.2) is 23.0 Å². The summed E-state index contributed by atoms with van der Waals surface area (Å²) in [5.41, 5.74) is 1.77. The third-order valence-corrected chi connectivity index (χ3v) is 6.12. The van der Waals surface area contributed by atoms with E-state index in [1.165, 1.54) is 4.68 Å². The first-order chi connectivity index (χ1) is 15.5. The minimum Gasteiger partial charge on any atom is -0.494 e. The van der Waals surface area contributed by atoms with Crippen LogP contribution in [0, 0.1) is 0 Å². The number of ether oxygens (including phenoxy) is 1. The van der Waals surface area contributed by atoms with Crippen LogP contribution in [0.4, 0.5) is 0 Å². The molecule has 2 aromatic heterocycles. The minimum atomic E-state index is -0.283. The van der Waals surface area contributed by atoms with Gasteiger partial charge in [0.15, 0.2) is 5.76 Å². The van der Waals surface area contributed by atoms with E-state index < -0.39 is 0 Å². The van der Waals surface area contributed by atoms with Crippen molar-refractivity contribution in [2.45, 2.75) is 0 Å². The number of rotatable bonds is 4. The van der Waals surface area contributed by atoms with Gasteiger partial charge in [-0.05, 0) is 73.8 Å². The number of methoxy groups -OCH3 is 1. The van der Waals surface area contributed by atoms with Crippen molar-refractivity contribution in [2.75, 3.05) is 7.11 Å². The standard InChI is InChI=1S/C24H15Br2N3O3/c1-31-22-17(25)10-14(11-18(22)26)13-27-29-23(21-12-15-6-2-5-9-20(15)32-21)28-19-8-4-3-7-16(19)24(29)30/h2-13H,1H3. The van der Waals surface area contributed by atoms with Gasteiger partial charge in [-0.2, -0.15) is 9.78 Å². The lowest BCUT2D eigenvalue weighted by molar-refractivity contribution is 0.409. The van der Waals surface area contributed by atoms with Crippen molar-refractivity contribution in [3.05, 3.63) is 91.6 Å². The Morgan fingerprint density at radius 3 is 2.50 bits per heavy atom. The van der Waals surface area contributed by atoms with E-state index in [0.717, 1.165) is 19.9 Å². The number of furan rings is 1. The molecular weight excluding hydrogens is 538 g/mol. The van der Waals surface area contributed by atoms with Crippen molar-refractivity contribution in [1.82, 2.24) is 9.66 Å². The average Bonchev–Trinajstić information content (AvgIpc) is 3.22. The van der Waals surface area contributed by atoms with E-state index in [9.17, 15) is 4.79 Å². The number of hydrogen-bond acceptors (Lipinski definition) is 5. The van der Waals surface area contributed by atoms with Crippen LogP contribution in [0.2, 0.25) is 0 Å². The molecule has 0 aliphatic rings. The summed E-state index contributed by atoms with van der Waals surface area (Å²) in [6.07, 6.45) is 1.60. The van der Waals surface area contributed by atoms with Gasteiger partial charge in [0.1, 0.15) is 11.3 Å². The van der Waals surface area contributed by atoms with E-state index in [1.807, 2.05) is 48.5 Å². The Morgan fingerprint density at radius 2 is 1.75 bits per heavy atom. The number of halogens is 2. The van der Waals surface area contributed by atoms with Gasteiger partial charge in [-0.3, -0.25) is 4.79 Å². The first kappa shape index (κ1) is 20.7. The molecule has 0 bridgehead atoms. The van der Waals surface area contributed by atoms with Gasteiger partial charge in [-0.15, -0.1) is 0 Å². The molecule has 0 saturated carbocycles. The van der Waals surface area contributed by atoms with Gasteiger partial charge < -0.3 is 9.15 Å². The van der Waals surface area contributed by atoms with Gasteiger partial charge in [0.2, 0.25) is 5.82 Å². The van der Waals surface area contributed by atoms with Crippen molar-refractivity contribution in [1.29, 1.82) is 0 Å². The second-order valence-electron chi connectivity index (χ2n) is 6.98. The second-order valence-corrected chi connectivity index (χ2v) is 8.69. The van der Waals surface area contributed by atoms with Gasteiger partial charge in [-0.1, -0.05) is 30.3 Å². The SMILES string of the molecule is COc1c(Br)cc(C=Nn2c(-c3cc4ccccc4o3)nc3ccccc3c2=O)cc1Br. The van der Waals surface area contributed by atoms with Crippen molar-refractivity contribution in [3.63, 3.8) is 0 Å². The fraction of sp³-hybridized carbons (Fsp3) is 0.0417. The van der Waals surface area contributed by atoms with Crippen LogP contribution in [0.5, 0.6) is 5.75 Å². The van der Waals surface area contributed by atoms with Crippen LogP contribution < -0.4 is 10.3 Å².